The van der Waals surface area contributed by atoms with Crippen LogP contribution >= 0.6 is 0 Å². The molecule has 0 aliphatic carbocycles. The minimum Gasteiger partial charge on any atom is -0.488 e. The zero-order valence-corrected chi connectivity index (χ0v) is 19.2. The van der Waals surface area contributed by atoms with Gasteiger partial charge in [0.15, 0.2) is 5.96 Å². The summed E-state index contributed by atoms with van der Waals surface area (Å²) in [5, 5.41) is 6.97. The van der Waals surface area contributed by atoms with Crippen LogP contribution in [0, 0.1) is 12.8 Å². The average molecular weight is 417 g/mol. The average Bonchev–Trinajstić information content (AvgIpc) is 3.24. The molecule has 0 amide bonds. The largest absolute Gasteiger partial charge is 0.488 e. The summed E-state index contributed by atoms with van der Waals surface area (Å²) in [4.78, 5) is 7.44. The summed E-state index contributed by atoms with van der Waals surface area (Å²) >= 11 is 0. The lowest BCUT2D eigenvalue weighted by Gasteiger charge is -2.35. The molecule has 2 aliphatic heterocycles. The molecular weight excluding hydrogens is 376 g/mol. The summed E-state index contributed by atoms with van der Waals surface area (Å²) in [6.07, 6.45) is 3.67. The molecule has 0 spiro atoms. The first kappa shape index (κ1) is 22.9. The van der Waals surface area contributed by atoms with Crippen LogP contribution < -0.4 is 15.4 Å². The highest BCUT2D eigenvalue weighted by atomic mass is 16.5. The molecular formula is C24H40N4O2. The number of nitrogens with zero attached hydrogens (tertiary/aromatic N) is 2. The van der Waals surface area contributed by atoms with Crippen LogP contribution in [-0.4, -0.2) is 62.4 Å². The van der Waals surface area contributed by atoms with Crippen LogP contribution in [0.3, 0.4) is 0 Å². The SMILES string of the molecule is CCNC(=NCc1ccc(C)cc1OC1CCOC1)NCC1CCCN(C(C)C)C1. The Hall–Kier alpha value is -1.79. The van der Waals surface area contributed by atoms with E-state index in [0.717, 1.165) is 43.4 Å². The van der Waals surface area contributed by atoms with Crippen LogP contribution in [0.2, 0.25) is 0 Å². The maximum atomic E-state index is 6.23. The predicted molar refractivity (Wildman–Crippen MR) is 123 cm³/mol. The number of hydrogen-bond donors (Lipinski definition) is 2. The molecule has 0 bridgehead atoms. The Balaban J connectivity index is 1.60. The lowest BCUT2D eigenvalue weighted by Crippen LogP contribution is -2.46. The third-order valence-corrected chi connectivity index (χ3v) is 5.99. The Morgan fingerprint density at radius 2 is 2.17 bits per heavy atom. The van der Waals surface area contributed by atoms with E-state index in [0.29, 0.717) is 25.1 Å². The number of piperidine rings is 1. The molecule has 6 nitrogen and oxygen atoms in total. The van der Waals surface area contributed by atoms with Gasteiger partial charge in [0.1, 0.15) is 11.9 Å². The second-order valence-corrected chi connectivity index (χ2v) is 8.89. The number of hydrogen-bond acceptors (Lipinski definition) is 4. The topological polar surface area (TPSA) is 58.1 Å². The fourth-order valence-corrected chi connectivity index (χ4v) is 4.17. The molecule has 2 unspecified atom stereocenters. The highest BCUT2D eigenvalue weighted by molar-refractivity contribution is 5.79. The van der Waals surface area contributed by atoms with Crippen molar-refractivity contribution in [2.75, 3.05) is 39.4 Å². The van der Waals surface area contributed by atoms with Crippen LogP contribution in [0.5, 0.6) is 5.75 Å². The number of benzene rings is 1. The monoisotopic (exact) mass is 416 g/mol. The van der Waals surface area contributed by atoms with Crippen molar-refractivity contribution in [2.24, 2.45) is 10.9 Å². The molecule has 30 heavy (non-hydrogen) atoms. The zero-order chi connectivity index (χ0) is 21.3. The van der Waals surface area contributed by atoms with E-state index in [-0.39, 0.29) is 6.10 Å². The molecule has 0 aromatic heterocycles. The van der Waals surface area contributed by atoms with E-state index >= 15 is 0 Å². The molecule has 2 aliphatic rings. The van der Waals surface area contributed by atoms with Crippen LogP contribution in [-0.2, 0) is 11.3 Å². The van der Waals surface area contributed by atoms with Gasteiger partial charge in [-0.3, -0.25) is 0 Å². The van der Waals surface area contributed by atoms with Gasteiger partial charge >= 0.3 is 0 Å². The summed E-state index contributed by atoms with van der Waals surface area (Å²) in [6, 6.07) is 7.01. The van der Waals surface area contributed by atoms with Crippen molar-refractivity contribution < 1.29 is 9.47 Å². The highest BCUT2D eigenvalue weighted by Gasteiger charge is 2.22. The Morgan fingerprint density at radius 3 is 2.90 bits per heavy atom. The lowest BCUT2D eigenvalue weighted by molar-refractivity contribution is 0.140. The number of likely N-dealkylation sites (tertiary alicyclic amines) is 1. The summed E-state index contributed by atoms with van der Waals surface area (Å²) in [5.74, 6) is 2.49. The van der Waals surface area contributed by atoms with Crippen LogP contribution in [0.1, 0.15) is 51.2 Å². The van der Waals surface area contributed by atoms with Gasteiger partial charge in [0.2, 0.25) is 0 Å². The van der Waals surface area contributed by atoms with Gasteiger partial charge in [0, 0.05) is 37.7 Å². The number of nitrogens with one attached hydrogen (secondary N) is 2. The molecule has 1 aromatic carbocycles. The van der Waals surface area contributed by atoms with Crippen LogP contribution in [0.4, 0.5) is 0 Å². The maximum Gasteiger partial charge on any atom is 0.191 e. The normalized spacial score (nSPS) is 23.0. The van der Waals surface area contributed by atoms with Crippen LogP contribution in [0.25, 0.3) is 0 Å². The van der Waals surface area contributed by atoms with E-state index < -0.39 is 0 Å². The van der Waals surface area contributed by atoms with Crippen molar-refractivity contribution >= 4 is 5.96 Å². The first-order valence-corrected chi connectivity index (χ1v) is 11.6. The molecule has 1 aromatic rings. The minimum atomic E-state index is 0.149. The fraction of sp³-hybridized carbons (Fsp3) is 0.708. The molecule has 0 radical (unpaired) electrons. The zero-order valence-electron chi connectivity index (χ0n) is 19.2. The van der Waals surface area contributed by atoms with Crippen molar-refractivity contribution in [3.05, 3.63) is 29.3 Å². The molecule has 2 fully saturated rings. The minimum absolute atomic E-state index is 0.149. The second kappa shape index (κ2) is 11.6. The first-order chi connectivity index (χ1) is 14.5. The summed E-state index contributed by atoms with van der Waals surface area (Å²) < 4.78 is 11.7. The van der Waals surface area contributed by atoms with Crippen LogP contribution in [0.15, 0.2) is 23.2 Å². The molecule has 2 atom stereocenters. The van der Waals surface area contributed by atoms with Gasteiger partial charge in [-0.1, -0.05) is 12.1 Å². The van der Waals surface area contributed by atoms with Gasteiger partial charge in [-0.25, -0.2) is 4.99 Å². The third-order valence-electron chi connectivity index (χ3n) is 5.99. The van der Waals surface area contributed by atoms with Gasteiger partial charge in [-0.05, 0) is 64.6 Å². The Kier molecular flexibility index (Phi) is 8.82. The van der Waals surface area contributed by atoms with E-state index in [4.69, 9.17) is 14.5 Å². The molecule has 168 valence electrons. The van der Waals surface area contributed by atoms with Gasteiger partial charge < -0.3 is 25.0 Å². The Labute approximate surface area is 182 Å². The summed E-state index contributed by atoms with van der Waals surface area (Å²) in [5.41, 5.74) is 2.32. The molecule has 3 rings (SSSR count). The Bertz CT molecular complexity index is 686. The molecule has 2 saturated heterocycles. The van der Waals surface area contributed by atoms with E-state index in [9.17, 15) is 0 Å². The number of ether oxygens (including phenoxy) is 2. The highest BCUT2D eigenvalue weighted by Crippen LogP contribution is 2.24. The van der Waals surface area contributed by atoms with Crippen molar-refractivity contribution in [3.63, 3.8) is 0 Å². The molecule has 2 N–H and O–H groups in total. The van der Waals surface area contributed by atoms with Gasteiger partial charge in [0.05, 0.1) is 19.8 Å². The van der Waals surface area contributed by atoms with E-state index in [1.54, 1.807) is 0 Å². The van der Waals surface area contributed by atoms with E-state index in [1.165, 1.54) is 31.5 Å². The van der Waals surface area contributed by atoms with E-state index in [1.807, 2.05) is 0 Å². The quantitative estimate of drug-likeness (QED) is 0.503. The summed E-state index contributed by atoms with van der Waals surface area (Å²) in [6.45, 7) is 15.1. The summed E-state index contributed by atoms with van der Waals surface area (Å²) in [7, 11) is 0. The predicted octanol–water partition coefficient (Wildman–Crippen LogP) is 3.34. The number of guanidine groups is 1. The number of aliphatic imine (C=N–C) groups is 1. The van der Waals surface area contributed by atoms with Crippen molar-refractivity contribution in [2.45, 2.75) is 65.6 Å². The Morgan fingerprint density at radius 1 is 1.30 bits per heavy atom. The van der Waals surface area contributed by atoms with Gasteiger partial charge in [-0.2, -0.15) is 0 Å². The van der Waals surface area contributed by atoms with Gasteiger partial charge in [-0.15, -0.1) is 0 Å². The second-order valence-electron chi connectivity index (χ2n) is 8.89. The fourth-order valence-electron chi connectivity index (χ4n) is 4.17. The van der Waals surface area contributed by atoms with Crippen molar-refractivity contribution in [3.8, 4) is 5.75 Å². The third kappa shape index (κ3) is 6.88. The standard InChI is InChI=1S/C24H40N4O2/c1-5-25-24(26-14-20-7-6-11-28(16-20)18(2)3)27-15-21-9-8-19(4)13-23(21)30-22-10-12-29-17-22/h8-9,13,18,20,22H,5-7,10-12,14-17H2,1-4H3,(H2,25,26,27). The molecule has 2 heterocycles. The number of rotatable bonds is 8. The van der Waals surface area contributed by atoms with Crippen molar-refractivity contribution in [1.82, 2.24) is 15.5 Å². The smallest absolute Gasteiger partial charge is 0.191 e. The molecule has 0 saturated carbocycles. The van der Waals surface area contributed by atoms with Gasteiger partial charge in [0.25, 0.3) is 0 Å². The van der Waals surface area contributed by atoms with Crippen molar-refractivity contribution in [1.29, 1.82) is 0 Å². The molecule has 6 heteroatoms. The lowest BCUT2D eigenvalue weighted by atomic mass is 9.97. The number of aryl methyl sites for hydroxylation is 1. The van der Waals surface area contributed by atoms with E-state index in [2.05, 4.69) is 61.4 Å². The maximum absolute atomic E-state index is 6.23. The first-order valence-electron chi connectivity index (χ1n) is 11.6.